The Morgan fingerprint density at radius 2 is 2.10 bits per heavy atom. The number of carboxylic acid groups (broad SMARTS) is 1. The fraction of sp³-hybridized carbons (Fsp3) is 0.643. The molecule has 1 aromatic rings. The molecule has 6 nitrogen and oxygen atoms in total. The van der Waals surface area contributed by atoms with E-state index in [2.05, 4.69) is 9.97 Å². The van der Waals surface area contributed by atoms with Gasteiger partial charge in [-0.05, 0) is 25.7 Å². The number of carbonyl (C=O) groups is 1. The maximum Gasteiger partial charge on any atom is 0.326 e. The van der Waals surface area contributed by atoms with E-state index in [9.17, 15) is 14.7 Å². The first-order chi connectivity index (χ1) is 9.65. The quantitative estimate of drug-likeness (QED) is 0.874. The summed E-state index contributed by atoms with van der Waals surface area (Å²) in [5.41, 5.74) is -0.190. The Hall–Kier alpha value is -1.85. The molecule has 2 aliphatic rings. The highest BCUT2D eigenvalue weighted by atomic mass is 16.4. The van der Waals surface area contributed by atoms with E-state index in [0.29, 0.717) is 30.5 Å². The summed E-state index contributed by atoms with van der Waals surface area (Å²) >= 11 is 0. The van der Waals surface area contributed by atoms with Gasteiger partial charge in [-0.3, -0.25) is 4.79 Å². The number of nitrogens with one attached hydrogen (secondary N) is 1. The van der Waals surface area contributed by atoms with Crippen LogP contribution < -0.4 is 10.5 Å². The van der Waals surface area contributed by atoms with Gasteiger partial charge in [0.25, 0.3) is 5.56 Å². The Kier molecular flexibility index (Phi) is 3.46. The van der Waals surface area contributed by atoms with E-state index >= 15 is 0 Å². The van der Waals surface area contributed by atoms with Gasteiger partial charge in [0.1, 0.15) is 17.7 Å². The molecule has 0 aromatic carbocycles. The summed E-state index contributed by atoms with van der Waals surface area (Å²) in [6, 6.07) is 0.853. The van der Waals surface area contributed by atoms with Crippen molar-refractivity contribution in [2.75, 3.05) is 11.4 Å². The molecule has 1 aliphatic carbocycles. The van der Waals surface area contributed by atoms with Gasteiger partial charge in [-0.15, -0.1) is 0 Å². The van der Waals surface area contributed by atoms with E-state index in [4.69, 9.17) is 0 Å². The van der Waals surface area contributed by atoms with Gasteiger partial charge in [-0.2, -0.15) is 0 Å². The number of hydrogen-bond donors (Lipinski definition) is 2. The summed E-state index contributed by atoms with van der Waals surface area (Å²) in [6.07, 6.45) is 5.59. The number of anilines is 1. The summed E-state index contributed by atoms with van der Waals surface area (Å²) in [7, 11) is 0. The average molecular weight is 277 g/mol. The molecule has 1 aliphatic heterocycles. The van der Waals surface area contributed by atoms with Crippen molar-refractivity contribution in [3.05, 3.63) is 22.2 Å². The molecule has 1 saturated heterocycles. The van der Waals surface area contributed by atoms with Crippen molar-refractivity contribution in [3.63, 3.8) is 0 Å². The second kappa shape index (κ2) is 5.26. The minimum atomic E-state index is -0.832. The first kappa shape index (κ1) is 13.1. The fourth-order valence-electron chi connectivity index (χ4n) is 2.80. The van der Waals surface area contributed by atoms with Crippen molar-refractivity contribution >= 4 is 11.8 Å². The standard InChI is InChI=1S/C14H19N3O3/c18-12-8-11(15-13(16-12)9-5-6-9)17-7-3-1-2-4-10(17)14(19)20/h8-10H,1-7H2,(H,19,20)(H,15,16,18). The van der Waals surface area contributed by atoms with Crippen molar-refractivity contribution in [2.45, 2.75) is 50.5 Å². The lowest BCUT2D eigenvalue weighted by Crippen LogP contribution is -2.42. The predicted molar refractivity (Wildman–Crippen MR) is 74.1 cm³/mol. The van der Waals surface area contributed by atoms with Crippen LogP contribution in [0.4, 0.5) is 5.82 Å². The summed E-state index contributed by atoms with van der Waals surface area (Å²) in [4.78, 5) is 32.3. The molecule has 1 aromatic heterocycles. The molecule has 0 radical (unpaired) electrons. The Bertz CT molecular complexity index is 565. The molecule has 3 rings (SSSR count). The Labute approximate surface area is 116 Å². The number of hydrogen-bond acceptors (Lipinski definition) is 4. The summed E-state index contributed by atoms with van der Waals surface area (Å²) < 4.78 is 0. The molecule has 2 fully saturated rings. The largest absolute Gasteiger partial charge is 0.480 e. The molecule has 108 valence electrons. The maximum absolute atomic E-state index is 11.8. The average Bonchev–Trinajstić information content (AvgIpc) is 3.24. The number of carboxylic acids is 1. The zero-order valence-corrected chi connectivity index (χ0v) is 11.3. The van der Waals surface area contributed by atoms with E-state index in [1.165, 1.54) is 6.07 Å². The van der Waals surface area contributed by atoms with Crippen molar-refractivity contribution < 1.29 is 9.90 Å². The molecule has 1 unspecified atom stereocenters. The number of H-pyrrole nitrogens is 1. The molecular formula is C14H19N3O3. The monoisotopic (exact) mass is 277 g/mol. The minimum Gasteiger partial charge on any atom is -0.480 e. The zero-order chi connectivity index (χ0) is 14.1. The number of nitrogens with zero attached hydrogens (tertiary/aromatic N) is 2. The van der Waals surface area contributed by atoms with Crippen LogP contribution in [0.15, 0.2) is 10.9 Å². The molecule has 2 heterocycles. The van der Waals surface area contributed by atoms with Crippen molar-refractivity contribution in [2.24, 2.45) is 0 Å². The molecule has 20 heavy (non-hydrogen) atoms. The number of rotatable bonds is 3. The first-order valence-corrected chi connectivity index (χ1v) is 7.26. The molecule has 0 bridgehead atoms. The third-order valence-electron chi connectivity index (χ3n) is 4.04. The number of aromatic amines is 1. The summed E-state index contributed by atoms with van der Waals surface area (Å²) in [6.45, 7) is 0.650. The lowest BCUT2D eigenvalue weighted by molar-refractivity contribution is -0.138. The van der Waals surface area contributed by atoms with Crippen LogP contribution in [0.1, 0.15) is 50.3 Å². The molecule has 1 saturated carbocycles. The Morgan fingerprint density at radius 1 is 1.30 bits per heavy atom. The minimum absolute atomic E-state index is 0.190. The lowest BCUT2D eigenvalue weighted by Gasteiger charge is -2.28. The molecule has 6 heteroatoms. The van der Waals surface area contributed by atoms with Crippen molar-refractivity contribution in [1.82, 2.24) is 9.97 Å². The molecule has 0 spiro atoms. The first-order valence-electron chi connectivity index (χ1n) is 7.26. The van der Waals surface area contributed by atoms with Crippen LogP contribution in [-0.2, 0) is 4.79 Å². The second-order valence-electron chi connectivity index (χ2n) is 5.66. The van der Waals surface area contributed by atoms with Crippen LogP contribution in [0.3, 0.4) is 0 Å². The molecule has 1 atom stereocenters. The van der Waals surface area contributed by atoms with Gasteiger partial charge in [-0.1, -0.05) is 12.8 Å². The van der Waals surface area contributed by atoms with Crippen molar-refractivity contribution in [3.8, 4) is 0 Å². The summed E-state index contributed by atoms with van der Waals surface area (Å²) in [5, 5.41) is 9.40. The van der Waals surface area contributed by atoms with Crippen LogP contribution in [-0.4, -0.2) is 33.6 Å². The maximum atomic E-state index is 11.8. The third-order valence-corrected chi connectivity index (χ3v) is 4.04. The predicted octanol–water partition coefficient (Wildman–Crippen LogP) is 1.48. The smallest absolute Gasteiger partial charge is 0.326 e. The highest BCUT2D eigenvalue weighted by molar-refractivity contribution is 5.77. The van der Waals surface area contributed by atoms with E-state index in [1.54, 1.807) is 4.90 Å². The summed E-state index contributed by atoms with van der Waals surface area (Å²) in [5.74, 6) is 0.741. The third kappa shape index (κ3) is 2.69. The van der Waals surface area contributed by atoms with Gasteiger partial charge >= 0.3 is 5.97 Å². The van der Waals surface area contributed by atoms with Crippen molar-refractivity contribution in [1.29, 1.82) is 0 Å². The van der Waals surface area contributed by atoms with Crippen LogP contribution in [0.2, 0.25) is 0 Å². The fourth-order valence-corrected chi connectivity index (χ4v) is 2.80. The van der Waals surface area contributed by atoms with E-state index in [1.807, 2.05) is 0 Å². The second-order valence-corrected chi connectivity index (χ2v) is 5.66. The van der Waals surface area contributed by atoms with E-state index < -0.39 is 12.0 Å². The van der Waals surface area contributed by atoms with Gasteiger partial charge < -0.3 is 15.0 Å². The zero-order valence-electron chi connectivity index (χ0n) is 11.3. The highest BCUT2D eigenvalue weighted by Gasteiger charge is 2.31. The Morgan fingerprint density at radius 3 is 2.80 bits per heavy atom. The lowest BCUT2D eigenvalue weighted by atomic mass is 10.1. The SMILES string of the molecule is O=C(O)C1CCCCCN1c1cc(=O)[nH]c(C2CC2)n1. The van der Waals surface area contributed by atoms with Gasteiger partial charge in [-0.25, -0.2) is 9.78 Å². The molecular weight excluding hydrogens is 258 g/mol. The van der Waals surface area contributed by atoms with Gasteiger partial charge in [0.05, 0.1) is 0 Å². The molecule has 0 amide bonds. The van der Waals surface area contributed by atoms with Crippen LogP contribution in [0.5, 0.6) is 0 Å². The van der Waals surface area contributed by atoms with E-state index in [-0.39, 0.29) is 5.56 Å². The molecule has 2 N–H and O–H groups in total. The van der Waals surface area contributed by atoms with Crippen LogP contribution in [0.25, 0.3) is 0 Å². The number of aliphatic carboxylic acids is 1. The van der Waals surface area contributed by atoms with Crippen LogP contribution >= 0.6 is 0 Å². The van der Waals surface area contributed by atoms with Gasteiger partial charge in [0, 0.05) is 18.5 Å². The number of aromatic nitrogens is 2. The van der Waals surface area contributed by atoms with E-state index in [0.717, 1.165) is 32.1 Å². The van der Waals surface area contributed by atoms with Gasteiger partial charge in [0.15, 0.2) is 0 Å². The highest BCUT2D eigenvalue weighted by Crippen LogP contribution is 2.38. The van der Waals surface area contributed by atoms with Crippen LogP contribution in [0, 0.1) is 0 Å². The Balaban J connectivity index is 1.95. The van der Waals surface area contributed by atoms with Gasteiger partial charge in [0.2, 0.25) is 0 Å². The topological polar surface area (TPSA) is 86.3 Å². The normalized spacial score (nSPS) is 23.4.